The Morgan fingerprint density at radius 2 is 1.84 bits per heavy atom. The van der Waals surface area contributed by atoms with Crippen LogP contribution < -0.4 is 5.32 Å². The molecule has 0 aliphatic carbocycles. The molecule has 0 bridgehead atoms. The third-order valence-corrected chi connectivity index (χ3v) is 3.55. The molecular formula is C16H25NO2. The molecule has 0 aliphatic heterocycles. The van der Waals surface area contributed by atoms with Gasteiger partial charge in [0, 0.05) is 11.7 Å². The van der Waals surface area contributed by atoms with Gasteiger partial charge < -0.3 is 10.1 Å². The molecule has 1 aromatic rings. The minimum absolute atomic E-state index is 0.293. The molecule has 0 saturated carbocycles. The zero-order chi connectivity index (χ0) is 14.3. The van der Waals surface area contributed by atoms with Crippen LogP contribution in [0.5, 0.6) is 0 Å². The highest BCUT2D eigenvalue weighted by Crippen LogP contribution is 2.18. The highest BCUT2D eigenvalue weighted by molar-refractivity contribution is 5.89. The monoisotopic (exact) mass is 263 g/mol. The maximum Gasteiger partial charge on any atom is 0.337 e. The molecule has 0 aliphatic rings. The van der Waals surface area contributed by atoms with Crippen LogP contribution in [0.25, 0.3) is 0 Å². The van der Waals surface area contributed by atoms with E-state index in [1.165, 1.54) is 20.0 Å². The fourth-order valence-corrected chi connectivity index (χ4v) is 2.04. The largest absolute Gasteiger partial charge is 0.465 e. The third-order valence-electron chi connectivity index (χ3n) is 3.55. The Kier molecular flexibility index (Phi) is 6.40. The number of hydrogen-bond acceptors (Lipinski definition) is 3. The van der Waals surface area contributed by atoms with Gasteiger partial charge in [0.15, 0.2) is 0 Å². The van der Waals surface area contributed by atoms with E-state index in [1.807, 2.05) is 12.1 Å². The second kappa shape index (κ2) is 7.82. The normalized spacial score (nSPS) is 13.7. The van der Waals surface area contributed by atoms with Gasteiger partial charge in [0.1, 0.15) is 0 Å². The zero-order valence-corrected chi connectivity index (χ0v) is 12.4. The molecule has 0 saturated heterocycles. The van der Waals surface area contributed by atoms with Crippen LogP contribution in [0.2, 0.25) is 0 Å². The van der Waals surface area contributed by atoms with Crippen LogP contribution in [-0.2, 0) is 4.74 Å². The number of ether oxygens (including phenoxy) is 1. The predicted octanol–water partition coefficient (Wildman–Crippen LogP) is 4.10. The first-order valence-electron chi connectivity index (χ1n) is 7.05. The Hall–Kier alpha value is -1.51. The Morgan fingerprint density at radius 1 is 1.21 bits per heavy atom. The van der Waals surface area contributed by atoms with Gasteiger partial charge in [-0.2, -0.15) is 0 Å². The lowest BCUT2D eigenvalue weighted by molar-refractivity contribution is 0.0601. The van der Waals surface area contributed by atoms with E-state index >= 15 is 0 Å². The maximum absolute atomic E-state index is 11.3. The fraction of sp³-hybridized carbons (Fsp3) is 0.562. The van der Waals surface area contributed by atoms with Crippen LogP contribution in [0.1, 0.15) is 50.4 Å². The van der Waals surface area contributed by atoms with Gasteiger partial charge in [0.25, 0.3) is 0 Å². The lowest BCUT2D eigenvalue weighted by Gasteiger charge is -2.21. The first-order chi connectivity index (χ1) is 9.10. The van der Waals surface area contributed by atoms with E-state index < -0.39 is 0 Å². The number of anilines is 1. The van der Waals surface area contributed by atoms with E-state index in [4.69, 9.17) is 0 Å². The lowest BCUT2D eigenvalue weighted by Crippen LogP contribution is -2.21. The van der Waals surface area contributed by atoms with Crippen LogP contribution >= 0.6 is 0 Å². The zero-order valence-electron chi connectivity index (χ0n) is 12.4. The number of carbonyl (C=O) groups is 1. The first kappa shape index (κ1) is 15.5. The molecule has 2 atom stereocenters. The van der Waals surface area contributed by atoms with E-state index in [2.05, 4.69) is 30.8 Å². The number of benzene rings is 1. The van der Waals surface area contributed by atoms with Crippen molar-refractivity contribution < 1.29 is 9.53 Å². The van der Waals surface area contributed by atoms with E-state index in [1.54, 1.807) is 12.1 Å². The van der Waals surface area contributed by atoms with E-state index in [-0.39, 0.29) is 5.97 Å². The van der Waals surface area contributed by atoms with Crippen molar-refractivity contribution in [1.29, 1.82) is 0 Å². The number of nitrogens with one attached hydrogen (secondary N) is 1. The Morgan fingerprint density at radius 3 is 2.32 bits per heavy atom. The topological polar surface area (TPSA) is 38.3 Å². The molecule has 0 heterocycles. The molecule has 0 amide bonds. The van der Waals surface area contributed by atoms with Gasteiger partial charge in [-0.15, -0.1) is 0 Å². The summed E-state index contributed by atoms with van der Waals surface area (Å²) >= 11 is 0. The molecule has 19 heavy (non-hydrogen) atoms. The quantitative estimate of drug-likeness (QED) is 0.753. The van der Waals surface area contributed by atoms with Gasteiger partial charge in [-0.25, -0.2) is 4.79 Å². The van der Waals surface area contributed by atoms with Crippen LogP contribution in [-0.4, -0.2) is 19.1 Å². The smallest absolute Gasteiger partial charge is 0.337 e. The molecule has 106 valence electrons. The Bertz CT molecular complexity index is 386. The van der Waals surface area contributed by atoms with E-state index in [0.29, 0.717) is 11.6 Å². The summed E-state index contributed by atoms with van der Waals surface area (Å²) in [5, 5.41) is 3.53. The summed E-state index contributed by atoms with van der Waals surface area (Å²) in [6.45, 7) is 6.70. The summed E-state index contributed by atoms with van der Waals surface area (Å²) in [5.74, 6) is 0.435. The molecule has 0 radical (unpaired) electrons. The molecule has 1 rings (SSSR count). The van der Waals surface area contributed by atoms with Crippen molar-refractivity contribution in [3.8, 4) is 0 Å². The van der Waals surface area contributed by atoms with Crippen molar-refractivity contribution in [2.45, 2.75) is 46.1 Å². The minimum atomic E-state index is -0.293. The number of methoxy groups -OCH3 is 1. The summed E-state index contributed by atoms with van der Waals surface area (Å²) in [4.78, 5) is 11.3. The number of hydrogen-bond donors (Lipinski definition) is 1. The van der Waals surface area contributed by atoms with Crippen molar-refractivity contribution in [3.63, 3.8) is 0 Å². The first-order valence-corrected chi connectivity index (χ1v) is 7.05. The van der Waals surface area contributed by atoms with Crippen LogP contribution in [0.3, 0.4) is 0 Å². The van der Waals surface area contributed by atoms with Gasteiger partial charge in [0.2, 0.25) is 0 Å². The van der Waals surface area contributed by atoms with Crippen molar-refractivity contribution in [2.24, 2.45) is 5.92 Å². The number of rotatable bonds is 7. The average Bonchev–Trinajstić information content (AvgIpc) is 2.46. The maximum atomic E-state index is 11.3. The van der Waals surface area contributed by atoms with Gasteiger partial charge >= 0.3 is 5.97 Å². The number of carbonyl (C=O) groups excluding carboxylic acids is 1. The molecule has 2 unspecified atom stereocenters. The molecule has 1 aromatic carbocycles. The van der Waals surface area contributed by atoms with Crippen LogP contribution in [0, 0.1) is 5.92 Å². The Balaban J connectivity index is 2.62. The van der Waals surface area contributed by atoms with Crippen molar-refractivity contribution in [3.05, 3.63) is 29.8 Å². The second-order valence-electron chi connectivity index (χ2n) is 5.07. The van der Waals surface area contributed by atoms with Crippen LogP contribution in [0.4, 0.5) is 5.69 Å². The van der Waals surface area contributed by atoms with Gasteiger partial charge in [-0.1, -0.05) is 27.2 Å². The van der Waals surface area contributed by atoms with Crippen molar-refractivity contribution in [1.82, 2.24) is 0 Å². The fourth-order valence-electron chi connectivity index (χ4n) is 2.04. The second-order valence-corrected chi connectivity index (χ2v) is 5.07. The summed E-state index contributed by atoms with van der Waals surface area (Å²) < 4.78 is 4.69. The molecule has 3 heteroatoms. The molecule has 0 spiro atoms. The number of esters is 1. The molecule has 1 N–H and O–H groups in total. The lowest BCUT2D eigenvalue weighted by atomic mass is 9.97. The van der Waals surface area contributed by atoms with Crippen molar-refractivity contribution >= 4 is 11.7 Å². The molecular weight excluding hydrogens is 238 g/mol. The molecule has 0 fully saturated rings. The molecule has 3 nitrogen and oxygen atoms in total. The highest BCUT2D eigenvalue weighted by Gasteiger charge is 2.11. The van der Waals surface area contributed by atoms with E-state index in [9.17, 15) is 4.79 Å². The summed E-state index contributed by atoms with van der Waals surface area (Å²) in [6, 6.07) is 7.95. The summed E-state index contributed by atoms with van der Waals surface area (Å²) in [6.07, 6.45) is 3.48. The highest BCUT2D eigenvalue weighted by atomic mass is 16.5. The predicted molar refractivity (Wildman–Crippen MR) is 79.6 cm³/mol. The van der Waals surface area contributed by atoms with Gasteiger partial charge in [-0.05, 0) is 43.0 Å². The standard InChI is InChI=1S/C16H25NO2/c1-5-12(3)11-14(6-2)17-15-9-7-13(8-10-15)16(18)19-4/h7-10,12,14,17H,5-6,11H2,1-4H3. The van der Waals surface area contributed by atoms with Gasteiger partial charge in [-0.3, -0.25) is 0 Å². The minimum Gasteiger partial charge on any atom is -0.465 e. The molecule has 0 aromatic heterocycles. The Labute approximate surface area is 116 Å². The summed E-state index contributed by atoms with van der Waals surface area (Å²) in [5.41, 5.74) is 1.64. The van der Waals surface area contributed by atoms with E-state index in [0.717, 1.165) is 18.0 Å². The van der Waals surface area contributed by atoms with Gasteiger partial charge in [0.05, 0.1) is 12.7 Å². The SMILES string of the molecule is CCC(C)CC(CC)Nc1ccc(C(=O)OC)cc1. The van der Waals surface area contributed by atoms with Crippen LogP contribution in [0.15, 0.2) is 24.3 Å². The average molecular weight is 263 g/mol. The summed E-state index contributed by atoms with van der Waals surface area (Å²) in [7, 11) is 1.40. The van der Waals surface area contributed by atoms with Crippen molar-refractivity contribution in [2.75, 3.05) is 12.4 Å². The third kappa shape index (κ3) is 4.93.